The Bertz CT molecular complexity index is 705. The van der Waals surface area contributed by atoms with Crippen molar-refractivity contribution in [1.29, 1.82) is 0 Å². The third kappa shape index (κ3) is 7.24. The molecule has 0 aromatic heterocycles. The smallest absolute Gasteiger partial charge is 0.409 e. The molecule has 1 aromatic carbocycles. The lowest BCUT2D eigenvalue weighted by Crippen LogP contribution is -2.54. The summed E-state index contributed by atoms with van der Waals surface area (Å²) >= 11 is 0. The van der Waals surface area contributed by atoms with Crippen LogP contribution in [-0.2, 0) is 9.47 Å². The number of carbonyl (C=O) groups excluding carboxylic acids is 1. The van der Waals surface area contributed by atoms with Crippen LogP contribution >= 0.6 is 24.0 Å². The van der Waals surface area contributed by atoms with Crippen LogP contribution in [0.25, 0.3) is 0 Å². The van der Waals surface area contributed by atoms with Crippen LogP contribution in [0.15, 0.2) is 29.3 Å². The van der Waals surface area contributed by atoms with Gasteiger partial charge in [0.2, 0.25) is 0 Å². The number of benzene rings is 1. The zero-order valence-corrected chi connectivity index (χ0v) is 21.3. The quantitative estimate of drug-likeness (QED) is 0.347. The van der Waals surface area contributed by atoms with Crippen molar-refractivity contribution in [2.75, 3.05) is 52.5 Å². The second kappa shape index (κ2) is 13.1. The molecule has 7 nitrogen and oxygen atoms in total. The van der Waals surface area contributed by atoms with Gasteiger partial charge < -0.3 is 24.6 Å². The molecule has 31 heavy (non-hydrogen) atoms. The van der Waals surface area contributed by atoms with Crippen molar-refractivity contribution in [2.24, 2.45) is 10.9 Å². The molecule has 1 N–H and O–H groups in total. The van der Waals surface area contributed by atoms with E-state index in [0.29, 0.717) is 25.6 Å². The summed E-state index contributed by atoms with van der Waals surface area (Å²) in [5.41, 5.74) is 2.51. The van der Waals surface area contributed by atoms with E-state index in [-0.39, 0.29) is 36.2 Å². The van der Waals surface area contributed by atoms with Gasteiger partial charge in [-0.2, -0.15) is 0 Å². The predicted molar refractivity (Wildman–Crippen MR) is 134 cm³/mol. The molecule has 1 amide bonds. The molecule has 2 saturated heterocycles. The summed E-state index contributed by atoms with van der Waals surface area (Å²) in [5, 5.41) is 3.42. The summed E-state index contributed by atoms with van der Waals surface area (Å²) in [5.74, 6) is 1.30. The number of halogens is 1. The molecule has 0 spiro atoms. The molecular formula is C23H37IN4O3. The van der Waals surface area contributed by atoms with E-state index in [2.05, 4.69) is 48.3 Å². The van der Waals surface area contributed by atoms with Gasteiger partial charge in [0.25, 0.3) is 0 Å². The largest absolute Gasteiger partial charge is 0.450 e. The van der Waals surface area contributed by atoms with Gasteiger partial charge in [-0.3, -0.25) is 4.99 Å². The lowest BCUT2D eigenvalue weighted by Gasteiger charge is -2.36. The predicted octanol–water partition coefficient (Wildman–Crippen LogP) is 3.82. The molecule has 2 aliphatic rings. The number of ether oxygens (including phenoxy) is 2. The van der Waals surface area contributed by atoms with E-state index in [1.165, 1.54) is 11.1 Å². The standard InChI is InChI=1S/C23H36N4O3.HI/c1-4-24-22(26-12-14-27(15-13-26)23(28)29-5-2)25-17-20-7-6-16-30-21(20)19-10-8-18(3)9-11-19;/h8-11,20-21H,4-7,12-17H2,1-3H3,(H,24,25);1H. The van der Waals surface area contributed by atoms with Crippen LogP contribution in [0.1, 0.15) is 43.9 Å². The number of hydrogen-bond donors (Lipinski definition) is 1. The second-order valence-electron chi connectivity index (χ2n) is 7.97. The van der Waals surface area contributed by atoms with Crippen molar-refractivity contribution in [1.82, 2.24) is 15.1 Å². The maximum Gasteiger partial charge on any atom is 0.409 e. The summed E-state index contributed by atoms with van der Waals surface area (Å²) in [4.78, 5) is 20.9. The Balaban J connectivity index is 0.00000341. The number of rotatable bonds is 5. The molecular weight excluding hydrogens is 507 g/mol. The number of guanidine groups is 1. The van der Waals surface area contributed by atoms with Crippen molar-refractivity contribution < 1.29 is 14.3 Å². The van der Waals surface area contributed by atoms with Crippen LogP contribution in [0.2, 0.25) is 0 Å². The Kier molecular flexibility index (Phi) is 10.9. The molecule has 2 heterocycles. The monoisotopic (exact) mass is 544 g/mol. The van der Waals surface area contributed by atoms with Gasteiger partial charge in [0.05, 0.1) is 12.7 Å². The van der Waals surface area contributed by atoms with Crippen LogP contribution in [0, 0.1) is 12.8 Å². The molecule has 2 atom stereocenters. The first-order valence-corrected chi connectivity index (χ1v) is 11.3. The van der Waals surface area contributed by atoms with E-state index in [4.69, 9.17) is 14.5 Å². The Morgan fingerprint density at radius 3 is 2.48 bits per heavy atom. The van der Waals surface area contributed by atoms with Gasteiger partial charge in [0, 0.05) is 51.8 Å². The Labute approximate surface area is 203 Å². The number of piperazine rings is 1. The van der Waals surface area contributed by atoms with Crippen LogP contribution in [0.5, 0.6) is 0 Å². The van der Waals surface area contributed by atoms with Crippen molar-refractivity contribution in [3.05, 3.63) is 35.4 Å². The summed E-state index contributed by atoms with van der Waals surface area (Å²) < 4.78 is 11.3. The van der Waals surface area contributed by atoms with Crippen molar-refractivity contribution in [3.63, 3.8) is 0 Å². The zero-order chi connectivity index (χ0) is 21.3. The Morgan fingerprint density at radius 2 is 1.84 bits per heavy atom. The highest BCUT2D eigenvalue weighted by molar-refractivity contribution is 14.0. The van der Waals surface area contributed by atoms with Crippen molar-refractivity contribution in [3.8, 4) is 0 Å². The Morgan fingerprint density at radius 1 is 1.16 bits per heavy atom. The highest BCUT2D eigenvalue weighted by atomic mass is 127. The van der Waals surface area contributed by atoms with Gasteiger partial charge in [-0.15, -0.1) is 24.0 Å². The molecule has 2 aliphatic heterocycles. The fourth-order valence-electron chi connectivity index (χ4n) is 4.10. The highest BCUT2D eigenvalue weighted by Gasteiger charge is 2.28. The first-order chi connectivity index (χ1) is 14.6. The summed E-state index contributed by atoms with van der Waals surface area (Å²) in [6.45, 7) is 11.6. The highest BCUT2D eigenvalue weighted by Crippen LogP contribution is 2.34. The number of nitrogens with one attached hydrogen (secondary N) is 1. The van der Waals surface area contributed by atoms with Crippen LogP contribution in [0.3, 0.4) is 0 Å². The fraction of sp³-hybridized carbons (Fsp3) is 0.652. The van der Waals surface area contributed by atoms with E-state index in [1.54, 1.807) is 4.90 Å². The molecule has 0 aliphatic carbocycles. The lowest BCUT2D eigenvalue weighted by molar-refractivity contribution is -0.0251. The lowest BCUT2D eigenvalue weighted by atomic mass is 9.89. The van der Waals surface area contributed by atoms with E-state index in [1.807, 2.05) is 6.92 Å². The normalized spacial score (nSPS) is 22.0. The third-order valence-electron chi connectivity index (χ3n) is 5.77. The van der Waals surface area contributed by atoms with Crippen LogP contribution in [-0.4, -0.2) is 74.3 Å². The van der Waals surface area contributed by atoms with Gasteiger partial charge >= 0.3 is 6.09 Å². The number of aryl methyl sites for hydroxylation is 1. The van der Waals surface area contributed by atoms with Crippen LogP contribution in [0.4, 0.5) is 4.79 Å². The van der Waals surface area contributed by atoms with Gasteiger partial charge in [-0.1, -0.05) is 29.8 Å². The minimum Gasteiger partial charge on any atom is -0.450 e. The molecule has 2 fully saturated rings. The van der Waals surface area contributed by atoms with E-state index >= 15 is 0 Å². The summed E-state index contributed by atoms with van der Waals surface area (Å²) in [6, 6.07) is 8.67. The van der Waals surface area contributed by atoms with Gasteiger partial charge in [-0.25, -0.2) is 4.79 Å². The number of aliphatic imine (C=N–C) groups is 1. The number of carbonyl (C=O) groups is 1. The average Bonchev–Trinajstić information content (AvgIpc) is 2.78. The number of amides is 1. The molecule has 2 unspecified atom stereocenters. The average molecular weight is 544 g/mol. The maximum absolute atomic E-state index is 11.9. The van der Waals surface area contributed by atoms with E-state index in [9.17, 15) is 4.79 Å². The van der Waals surface area contributed by atoms with E-state index < -0.39 is 0 Å². The van der Waals surface area contributed by atoms with Gasteiger partial charge in [-0.05, 0) is 39.2 Å². The van der Waals surface area contributed by atoms with Crippen LogP contribution < -0.4 is 5.32 Å². The zero-order valence-electron chi connectivity index (χ0n) is 19.0. The van der Waals surface area contributed by atoms with E-state index in [0.717, 1.165) is 51.6 Å². The minimum atomic E-state index is -0.223. The molecule has 3 rings (SSSR count). The molecule has 0 radical (unpaired) electrons. The molecule has 174 valence electrons. The summed E-state index contributed by atoms with van der Waals surface area (Å²) in [6.07, 6.45) is 2.08. The molecule has 1 aromatic rings. The number of nitrogens with zero attached hydrogens (tertiary/aromatic N) is 3. The fourth-order valence-corrected chi connectivity index (χ4v) is 4.10. The number of hydrogen-bond acceptors (Lipinski definition) is 4. The third-order valence-corrected chi connectivity index (χ3v) is 5.77. The molecule has 0 bridgehead atoms. The maximum atomic E-state index is 11.9. The van der Waals surface area contributed by atoms with Gasteiger partial charge in [0.15, 0.2) is 5.96 Å². The topological polar surface area (TPSA) is 66.4 Å². The second-order valence-corrected chi connectivity index (χ2v) is 7.97. The molecule has 8 heteroatoms. The first-order valence-electron chi connectivity index (χ1n) is 11.3. The first kappa shape index (κ1) is 25.7. The van der Waals surface area contributed by atoms with Crippen molar-refractivity contribution in [2.45, 2.75) is 39.7 Å². The Hall–Kier alpha value is -1.55. The summed E-state index contributed by atoms with van der Waals surface area (Å²) in [7, 11) is 0. The SMILES string of the molecule is CCNC(=NCC1CCCOC1c1ccc(C)cc1)N1CCN(C(=O)OCC)CC1.I. The van der Waals surface area contributed by atoms with Crippen molar-refractivity contribution >= 4 is 36.0 Å². The minimum absolute atomic E-state index is 0. The molecule has 0 saturated carbocycles. The van der Waals surface area contributed by atoms with Gasteiger partial charge in [0.1, 0.15) is 0 Å².